The summed E-state index contributed by atoms with van der Waals surface area (Å²) in [5.74, 6) is 0. The Kier molecular flexibility index (Phi) is 4.96. The Morgan fingerprint density at radius 2 is 2.14 bits per heavy atom. The molecule has 4 heteroatoms. The molecule has 0 aliphatic heterocycles. The topological polar surface area (TPSA) is 32.3 Å². The standard InChI is InChI=1S/C17H20ClNOS/c18-17-10-14-15(7-4-8-16(14)21-17)19-13(11-20)9-12-5-2-1-3-6-12/h1-3,5-6,10,13,15,19-20H,4,7-9,11H2. The van der Waals surface area contributed by atoms with E-state index >= 15 is 0 Å². The number of aryl methyl sites for hydroxylation is 1. The first-order valence-corrected chi connectivity index (χ1v) is 8.64. The third-order valence-corrected chi connectivity index (χ3v) is 5.41. The van der Waals surface area contributed by atoms with E-state index in [0.717, 1.165) is 23.6 Å². The molecular formula is C17H20ClNOS. The monoisotopic (exact) mass is 321 g/mol. The van der Waals surface area contributed by atoms with Crippen molar-refractivity contribution in [3.63, 3.8) is 0 Å². The summed E-state index contributed by atoms with van der Waals surface area (Å²) in [4.78, 5) is 1.40. The van der Waals surface area contributed by atoms with Gasteiger partial charge in [0.2, 0.25) is 0 Å². The maximum Gasteiger partial charge on any atom is 0.0934 e. The molecule has 1 heterocycles. The first-order valence-electron chi connectivity index (χ1n) is 7.45. The second kappa shape index (κ2) is 6.93. The van der Waals surface area contributed by atoms with Crippen LogP contribution in [0.4, 0.5) is 0 Å². The van der Waals surface area contributed by atoms with Gasteiger partial charge in [-0.05, 0) is 42.9 Å². The maximum atomic E-state index is 9.69. The van der Waals surface area contributed by atoms with Crippen LogP contribution in [0.15, 0.2) is 36.4 Å². The lowest BCUT2D eigenvalue weighted by atomic mass is 9.93. The minimum absolute atomic E-state index is 0.0852. The molecule has 0 fully saturated rings. The normalized spacial score (nSPS) is 19.2. The minimum atomic E-state index is 0.0852. The van der Waals surface area contributed by atoms with Gasteiger partial charge < -0.3 is 10.4 Å². The first kappa shape index (κ1) is 15.0. The van der Waals surface area contributed by atoms with Crippen LogP contribution >= 0.6 is 22.9 Å². The lowest BCUT2D eigenvalue weighted by molar-refractivity contribution is 0.226. The first-order chi connectivity index (χ1) is 10.3. The zero-order valence-corrected chi connectivity index (χ0v) is 13.5. The Bertz CT molecular complexity index is 584. The van der Waals surface area contributed by atoms with Crippen molar-refractivity contribution in [3.05, 3.63) is 56.7 Å². The Labute approximate surface area is 134 Å². The highest BCUT2D eigenvalue weighted by Crippen LogP contribution is 2.38. The number of fused-ring (bicyclic) bond motifs is 1. The van der Waals surface area contributed by atoms with Crippen LogP contribution in [0.5, 0.6) is 0 Å². The maximum absolute atomic E-state index is 9.69. The summed E-state index contributed by atoms with van der Waals surface area (Å²) in [6.45, 7) is 0.151. The van der Waals surface area contributed by atoms with E-state index in [9.17, 15) is 5.11 Å². The molecule has 1 aromatic carbocycles. The molecule has 1 aliphatic rings. The van der Waals surface area contributed by atoms with E-state index in [-0.39, 0.29) is 12.6 Å². The van der Waals surface area contributed by atoms with E-state index in [1.165, 1.54) is 22.4 Å². The SMILES string of the molecule is OCC(Cc1ccccc1)NC1CCCc2sc(Cl)cc21. The van der Waals surface area contributed by atoms with Crippen LogP contribution in [0.3, 0.4) is 0 Å². The summed E-state index contributed by atoms with van der Waals surface area (Å²) in [5, 5.41) is 13.3. The smallest absolute Gasteiger partial charge is 0.0934 e. The fourth-order valence-corrected chi connectivity index (χ4v) is 4.44. The van der Waals surface area contributed by atoms with Crippen LogP contribution in [0, 0.1) is 0 Å². The molecule has 1 aliphatic carbocycles. The Morgan fingerprint density at radius 1 is 1.33 bits per heavy atom. The number of rotatable bonds is 5. The number of halogens is 1. The number of hydrogen-bond donors (Lipinski definition) is 2. The van der Waals surface area contributed by atoms with Gasteiger partial charge in [0.25, 0.3) is 0 Å². The Morgan fingerprint density at radius 3 is 2.90 bits per heavy atom. The summed E-state index contributed by atoms with van der Waals surface area (Å²) in [5.41, 5.74) is 2.59. The lowest BCUT2D eigenvalue weighted by Gasteiger charge is -2.28. The van der Waals surface area contributed by atoms with Gasteiger partial charge in [0.05, 0.1) is 10.9 Å². The van der Waals surface area contributed by atoms with E-state index in [1.807, 2.05) is 18.2 Å². The van der Waals surface area contributed by atoms with Gasteiger partial charge in [-0.2, -0.15) is 0 Å². The van der Waals surface area contributed by atoms with E-state index in [1.54, 1.807) is 11.3 Å². The van der Waals surface area contributed by atoms with E-state index in [0.29, 0.717) is 6.04 Å². The molecule has 2 unspecified atom stereocenters. The molecule has 0 radical (unpaired) electrons. The average molecular weight is 322 g/mol. The number of nitrogens with one attached hydrogen (secondary N) is 1. The van der Waals surface area contributed by atoms with Crippen LogP contribution in [0.25, 0.3) is 0 Å². The van der Waals surface area contributed by atoms with E-state index in [2.05, 4.69) is 23.5 Å². The predicted octanol–water partition coefficient (Wildman–Crippen LogP) is 3.97. The number of thiophene rings is 1. The minimum Gasteiger partial charge on any atom is -0.395 e. The zero-order valence-electron chi connectivity index (χ0n) is 11.9. The van der Waals surface area contributed by atoms with Crippen molar-refractivity contribution in [3.8, 4) is 0 Å². The van der Waals surface area contributed by atoms with Crippen molar-refractivity contribution in [2.75, 3.05) is 6.61 Å². The molecule has 0 spiro atoms. The van der Waals surface area contributed by atoms with Gasteiger partial charge in [0.1, 0.15) is 0 Å². The zero-order chi connectivity index (χ0) is 14.7. The van der Waals surface area contributed by atoms with Crippen molar-refractivity contribution < 1.29 is 5.11 Å². The second-order valence-electron chi connectivity index (χ2n) is 5.61. The van der Waals surface area contributed by atoms with Crippen molar-refractivity contribution in [2.24, 2.45) is 0 Å². The van der Waals surface area contributed by atoms with Crippen LogP contribution in [0.1, 0.15) is 34.9 Å². The van der Waals surface area contributed by atoms with Gasteiger partial charge >= 0.3 is 0 Å². The van der Waals surface area contributed by atoms with Gasteiger partial charge in [-0.15, -0.1) is 11.3 Å². The van der Waals surface area contributed by atoms with Crippen LogP contribution in [0.2, 0.25) is 4.34 Å². The molecule has 3 rings (SSSR count). The molecule has 0 bridgehead atoms. The molecule has 2 atom stereocenters. The van der Waals surface area contributed by atoms with Crippen molar-refractivity contribution in [1.82, 2.24) is 5.32 Å². The predicted molar refractivity (Wildman–Crippen MR) is 89.2 cm³/mol. The molecule has 1 aromatic heterocycles. The van der Waals surface area contributed by atoms with Crippen molar-refractivity contribution in [2.45, 2.75) is 37.8 Å². The number of aliphatic hydroxyl groups excluding tert-OH is 1. The number of hydrogen-bond acceptors (Lipinski definition) is 3. The summed E-state index contributed by atoms with van der Waals surface area (Å²) in [6, 6.07) is 12.8. The van der Waals surface area contributed by atoms with Gasteiger partial charge in [0, 0.05) is 17.0 Å². The highest BCUT2D eigenvalue weighted by molar-refractivity contribution is 7.16. The summed E-state index contributed by atoms with van der Waals surface area (Å²) >= 11 is 7.85. The van der Waals surface area contributed by atoms with Crippen molar-refractivity contribution in [1.29, 1.82) is 0 Å². The quantitative estimate of drug-likeness (QED) is 0.873. The molecule has 0 amide bonds. The third kappa shape index (κ3) is 3.67. The molecule has 2 N–H and O–H groups in total. The van der Waals surface area contributed by atoms with Crippen molar-refractivity contribution >= 4 is 22.9 Å². The average Bonchev–Trinajstić information content (AvgIpc) is 2.89. The summed E-state index contributed by atoms with van der Waals surface area (Å²) < 4.78 is 0.873. The second-order valence-corrected chi connectivity index (χ2v) is 7.38. The Balaban J connectivity index is 1.70. The van der Waals surface area contributed by atoms with E-state index in [4.69, 9.17) is 11.6 Å². The highest BCUT2D eigenvalue weighted by Gasteiger charge is 2.24. The molecule has 2 nitrogen and oxygen atoms in total. The van der Waals surface area contributed by atoms with E-state index < -0.39 is 0 Å². The van der Waals surface area contributed by atoms with Gasteiger partial charge in [0.15, 0.2) is 0 Å². The van der Waals surface area contributed by atoms with Crippen LogP contribution < -0.4 is 5.32 Å². The number of benzene rings is 1. The molecule has 0 saturated carbocycles. The number of aliphatic hydroxyl groups is 1. The fourth-order valence-electron chi connectivity index (χ4n) is 3.05. The lowest BCUT2D eigenvalue weighted by Crippen LogP contribution is -2.38. The molecule has 112 valence electrons. The third-order valence-electron chi connectivity index (χ3n) is 4.07. The fraction of sp³-hybridized carbons (Fsp3) is 0.412. The Hall–Kier alpha value is -0.870. The van der Waals surface area contributed by atoms with Crippen LogP contribution in [-0.4, -0.2) is 17.8 Å². The largest absolute Gasteiger partial charge is 0.395 e. The van der Waals surface area contributed by atoms with Gasteiger partial charge in [-0.25, -0.2) is 0 Å². The van der Waals surface area contributed by atoms with Gasteiger partial charge in [-0.1, -0.05) is 41.9 Å². The molecule has 2 aromatic rings. The summed E-state index contributed by atoms with van der Waals surface area (Å²) in [7, 11) is 0. The van der Waals surface area contributed by atoms with Gasteiger partial charge in [-0.3, -0.25) is 0 Å². The molecule has 0 saturated heterocycles. The van der Waals surface area contributed by atoms with Crippen LogP contribution in [-0.2, 0) is 12.8 Å². The summed E-state index contributed by atoms with van der Waals surface area (Å²) in [6.07, 6.45) is 4.28. The molecule has 21 heavy (non-hydrogen) atoms. The molecular weight excluding hydrogens is 302 g/mol. The highest BCUT2D eigenvalue weighted by atomic mass is 35.5.